The monoisotopic (exact) mass is 458 g/mol. The molecule has 0 aliphatic carbocycles. The van der Waals surface area contributed by atoms with Crippen LogP contribution >= 0.6 is 0 Å². The van der Waals surface area contributed by atoms with Crippen molar-refractivity contribution >= 4 is 21.9 Å². The number of sulfonamides is 1. The molecule has 2 aliphatic heterocycles. The minimum atomic E-state index is -5.08. The van der Waals surface area contributed by atoms with Crippen LogP contribution < -0.4 is 9.62 Å². The Labute approximate surface area is 170 Å². The first kappa shape index (κ1) is 24.2. The van der Waals surface area contributed by atoms with E-state index in [-0.39, 0.29) is 11.7 Å². The number of hydrogen-bond donors (Lipinski definition) is 2. The van der Waals surface area contributed by atoms with E-state index in [1.165, 1.54) is 0 Å². The van der Waals surface area contributed by atoms with Crippen LogP contribution in [-0.4, -0.2) is 73.2 Å². The average molecular weight is 458 g/mol. The van der Waals surface area contributed by atoms with E-state index in [0.29, 0.717) is 19.0 Å². The number of carboxylic acids is 1. The van der Waals surface area contributed by atoms with Gasteiger partial charge < -0.3 is 14.7 Å². The number of rotatable bonds is 4. The summed E-state index contributed by atoms with van der Waals surface area (Å²) in [4.78, 5) is 18.9. The second kappa shape index (κ2) is 9.39. The van der Waals surface area contributed by atoms with Crippen LogP contribution in [0.3, 0.4) is 0 Å². The highest BCUT2D eigenvalue weighted by atomic mass is 32.2. The SMILES string of the molecule is CS(=O)(=O)NC[C@@H]1CCC[C@]2(CCN(c3ncc(F)cn3)C2)O1.O=C(O)C(F)(F)F. The molecule has 3 heterocycles. The standard InChI is InChI=1S/C14H21FN4O3S.C2HF3O2/c1-23(20,21)18-9-12-3-2-4-14(22-12)5-6-19(10-14)13-16-7-11(15)8-17-13;3-2(4,5)1(6)7/h7-8,12,18H,2-6,9-10H2,1H3;(H,6,7)/t12-,14+;/m0./s1. The van der Waals surface area contributed by atoms with Gasteiger partial charge in [-0.15, -0.1) is 0 Å². The molecule has 2 saturated heterocycles. The molecule has 1 aromatic rings. The van der Waals surface area contributed by atoms with Crippen molar-refractivity contribution in [2.45, 2.75) is 43.6 Å². The molecule has 3 rings (SSSR count). The maximum Gasteiger partial charge on any atom is 0.490 e. The highest BCUT2D eigenvalue weighted by Crippen LogP contribution is 2.37. The summed E-state index contributed by atoms with van der Waals surface area (Å²) in [7, 11) is -3.21. The van der Waals surface area contributed by atoms with E-state index < -0.39 is 28.0 Å². The largest absolute Gasteiger partial charge is 0.490 e. The Kier molecular flexibility index (Phi) is 7.58. The van der Waals surface area contributed by atoms with Gasteiger partial charge in [0.1, 0.15) is 0 Å². The van der Waals surface area contributed by atoms with Gasteiger partial charge in [-0.1, -0.05) is 0 Å². The zero-order chi connectivity index (χ0) is 22.6. The van der Waals surface area contributed by atoms with Gasteiger partial charge >= 0.3 is 12.1 Å². The molecule has 0 bridgehead atoms. The highest BCUT2D eigenvalue weighted by Gasteiger charge is 2.43. The normalized spacial score (nSPS) is 24.4. The molecule has 2 fully saturated rings. The van der Waals surface area contributed by atoms with Crippen molar-refractivity contribution in [2.24, 2.45) is 0 Å². The van der Waals surface area contributed by atoms with E-state index in [9.17, 15) is 26.0 Å². The fourth-order valence-electron chi connectivity index (χ4n) is 3.30. The van der Waals surface area contributed by atoms with Gasteiger partial charge in [0.15, 0.2) is 5.82 Å². The van der Waals surface area contributed by atoms with Crippen molar-refractivity contribution in [3.8, 4) is 0 Å². The van der Waals surface area contributed by atoms with Gasteiger partial charge in [0.05, 0.1) is 30.4 Å². The summed E-state index contributed by atoms with van der Waals surface area (Å²) in [6.07, 6.45) is 1.87. The lowest BCUT2D eigenvalue weighted by Crippen LogP contribution is -2.46. The molecule has 9 nitrogen and oxygen atoms in total. The molecule has 2 aliphatic rings. The first-order valence-corrected chi connectivity index (χ1v) is 10.8. The second-order valence-electron chi connectivity index (χ2n) is 7.11. The van der Waals surface area contributed by atoms with E-state index in [1.807, 2.05) is 4.90 Å². The van der Waals surface area contributed by atoms with Crippen molar-refractivity contribution in [1.82, 2.24) is 14.7 Å². The van der Waals surface area contributed by atoms with Gasteiger partial charge in [0.2, 0.25) is 16.0 Å². The number of hydrogen-bond acceptors (Lipinski definition) is 7. The number of carbonyl (C=O) groups is 1. The summed E-state index contributed by atoms with van der Waals surface area (Å²) >= 11 is 0. The maximum atomic E-state index is 12.9. The van der Waals surface area contributed by atoms with Crippen LogP contribution in [0.5, 0.6) is 0 Å². The molecule has 170 valence electrons. The Balaban J connectivity index is 0.000000396. The lowest BCUT2D eigenvalue weighted by Gasteiger charge is -2.38. The molecule has 0 unspecified atom stereocenters. The molecule has 2 N–H and O–H groups in total. The van der Waals surface area contributed by atoms with Crippen LogP contribution in [0, 0.1) is 5.82 Å². The third-order valence-corrected chi connectivity index (χ3v) is 5.29. The fourth-order valence-corrected chi connectivity index (χ4v) is 3.78. The lowest BCUT2D eigenvalue weighted by atomic mass is 9.90. The van der Waals surface area contributed by atoms with Gasteiger partial charge in [-0.2, -0.15) is 13.2 Å². The minimum Gasteiger partial charge on any atom is -0.475 e. The number of nitrogens with one attached hydrogen (secondary N) is 1. The van der Waals surface area contributed by atoms with Crippen molar-refractivity contribution in [3.05, 3.63) is 18.2 Å². The van der Waals surface area contributed by atoms with Gasteiger partial charge in [0.25, 0.3) is 0 Å². The zero-order valence-corrected chi connectivity index (χ0v) is 16.8. The van der Waals surface area contributed by atoms with Crippen LogP contribution in [0.25, 0.3) is 0 Å². The topological polar surface area (TPSA) is 122 Å². The summed E-state index contributed by atoms with van der Waals surface area (Å²) in [5.74, 6) is -2.71. The van der Waals surface area contributed by atoms with Gasteiger partial charge in [0, 0.05) is 19.6 Å². The highest BCUT2D eigenvalue weighted by molar-refractivity contribution is 7.88. The van der Waals surface area contributed by atoms with Crippen molar-refractivity contribution in [3.63, 3.8) is 0 Å². The van der Waals surface area contributed by atoms with Crippen LogP contribution in [0.15, 0.2) is 12.4 Å². The van der Waals surface area contributed by atoms with Crippen molar-refractivity contribution < 1.29 is 40.6 Å². The Bertz CT molecular complexity index is 837. The smallest absolute Gasteiger partial charge is 0.475 e. The quantitative estimate of drug-likeness (QED) is 0.648. The Hall–Kier alpha value is -2.06. The number of nitrogens with zero attached hydrogens (tertiary/aromatic N) is 3. The number of ether oxygens (including phenoxy) is 1. The number of alkyl halides is 3. The summed E-state index contributed by atoms with van der Waals surface area (Å²) < 4.78 is 75.8. The number of carboxylic acid groups (broad SMARTS) is 1. The van der Waals surface area contributed by atoms with Gasteiger partial charge in [-0.3, -0.25) is 0 Å². The minimum absolute atomic E-state index is 0.118. The number of aliphatic carboxylic acids is 1. The summed E-state index contributed by atoms with van der Waals surface area (Å²) in [6.45, 7) is 1.69. The van der Waals surface area contributed by atoms with Gasteiger partial charge in [-0.25, -0.2) is 32.3 Å². The van der Waals surface area contributed by atoms with E-state index >= 15 is 0 Å². The average Bonchev–Trinajstić information content (AvgIpc) is 3.03. The third-order valence-electron chi connectivity index (χ3n) is 4.60. The van der Waals surface area contributed by atoms with Crippen LogP contribution in [0.1, 0.15) is 25.7 Å². The Morgan fingerprint density at radius 2 is 1.97 bits per heavy atom. The van der Waals surface area contributed by atoms with Crippen LogP contribution in [-0.2, 0) is 19.6 Å². The van der Waals surface area contributed by atoms with E-state index in [0.717, 1.165) is 50.9 Å². The van der Waals surface area contributed by atoms with E-state index in [1.54, 1.807) is 0 Å². The molecule has 1 aromatic heterocycles. The molecule has 30 heavy (non-hydrogen) atoms. The molecule has 2 atom stereocenters. The number of aromatic nitrogens is 2. The molecule has 0 aromatic carbocycles. The maximum absolute atomic E-state index is 12.9. The van der Waals surface area contributed by atoms with Crippen molar-refractivity contribution in [2.75, 3.05) is 30.8 Å². The lowest BCUT2D eigenvalue weighted by molar-refractivity contribution is -0.192. The van der Waals surface area contributed by atoms with E-state index in [2.05, 4.69) is 14.7 Å². The predicted octanol–water partition coefficient (Wildman–Crippen LogP) is 1.32. The number of anilines is 1. The first-order valence-electron chi connectivity index (χ1n) is 8.95. The summed E-state index contributed by atoms with van der Waals surface area (Å²) in [5.41, 5.74) is -0.292. The molecular formula is C16H22F4N4O5S. The van der Waals surface area contributed by atoms with Gasteiger partial charge in [-0.05, 0) is 25.7 Å². The fraction of sp³-hybridized carbons (Fsp3) is 0.688. The Morgan fingerprint density at radius 1 is 1.37 bits per heavy atom. The van der Waals surface area contributed by atoms with Crippen molar-refractivity contribution in [1.29, 1.82) is 0 Å². The molecule has 0 saturated carbocycles. The zero-order valence-electron chi connectivity index (χ0n) is 16.0. The molecule has 14 heteroatoms. The number of halogens is 4. The summed E-state index contributed by atoms with van der Waals surface area (Å²) in [6, 6.07) is 0. The second-order valence-corrected chi connectivity index (χ2v) is 8.94. The molecular weight excluding hydrogens is 436 g/mol. The molecule has 0 radical (unpaired) electrons. The van der Waals surface area contributed by atoms with E-state index in [4.69, 9.17) is 14.6 Å². The van der Waals surface area contributed by atoms with Crippen LogP contribution in [0.2, 0.25) is 0 Å². The Morgan fingerprint density at radius 3 is 2.50 bits per heavy atom. The third kappa shape index (κ3) is 7.32. The predicted molar refractivity (Wildman–Crippen MR) is 96.8 cm³/mol. The molecule has 0 amide bonds. The van der Waals surface area contributed by atoms with Crippen LogP contribution in [0.4, 0.5) is 23.5 Å². The summed E-state index contributed by atoms with van der Waals surface area (Å²) in [5, 5.41) is 7.12. The first-order chi connectivity index (χ1) is 13.8. The molecule has 1 spiro atoms.